The van der Waals surface area contributed by atoms with E-state index in [1.165, 1.54) is 6.07 Å². The van der Waals surface area contributed by atoms with E-state index >= 15 is 0 Å². The Labute approximate surface area is 120 Å². The molecule has 0 bridgehead atoms. The fourth-order valence-electron chi connectivity index (χ4n) is 2.80. The molecule has 20 heavy (non-hydrogen) atoms. The summed E-state index contributed by atoms with van der Waals surface area (Å²) in [4.78, 5) is 0. The molecule has 0 spiro atoms. The molecule has 3 atom stereocenters. The van der Waals surface area contributed by atoms with Crippen LogP contribution >= 0.6 is 0 Å². The fraction of sp³-hybridized carbons (Fsp3) is 0.625. The van der Waals surface area contributed by atoms with Gasteiger partial charge in [-0.3, -0.25) is 0 Å². The quantitative estimate of drug-likeness (QED) is 0.900. The van der Waals surface area contributed by atoms with E-state index in [9.17, 15) is 4.39 Å². The lowest BCUT2D eigenvalue weighted by Gasteiger charge is -2.33. The molecule has 0 aromatic heterocycles. The highest BCUT2D eigenvalue weighted by molar-refractivity contribution is 5.21. The smallest absolute Gasteiger partial charge is 0.128 e. The van der Waals surface area contributed by atoms with Crippen LogP contribution in [0.3, 0.4) is 0 Å². The minimum atomic E-state index is -0.191. The maximum Gasteiger partial charge on any atom is 0.128 e. The lowest BCUT2D eigenvalue weighted by molar-refractivity contribution is -0.104. The molecule has 4 heteroatoms. The zero-order valence-electron chi connectivity index (χ0n) is 12.4. The molecule has 1 saturated heterocycles. The van der Waals surface area contributed by atoms with Gasteiger partial charge in [0.2, 0.25) is 0 Å². The summed E-state index contributed by atoms with van der Waals surface area (Å²) in [6.07, 6.45) is 2.45. The van der Waals surface area contributed by atoms with Crippen LogP contribution in [0.5, 0.6) is 0 Å². The first-order valence-electron chi connectivity index (χ1n) is 7.29. The summed E-state index contributed by atoms with van der Waals surface area (Å²) in [5.74, 6) is -0.191. The molecule has 1 aliphatic heterocycles. The number of hydrogen-bond acceptors (Lipinski definition) is 3. The third-order valence-corrected chi connectivity index (χ3v) is 3.78. The molecule has 1 aromatic rings. The molecule has 1 N–H and O–H groups in total. The van der Waals surface area contributed by atoms with Crippen molar-refractivity contribution in [2.75, 3.05) is 13.7 Å². The highest BCUT2D eigenvalue weighted by Crippen LogP contribution is 2.24. The van der Waals surface area contributed by atoms with Crippen molar-refractivity contribution in [1.29, 1.82) is 0 Å². The van der Waals surface area contributed by atoms with Crippen LogP contribution in [-0.2, 0) is 9.47 Å². The van der Waals surface area contributed by atoms with Crippen LogP contribution < -0.4 is 5.32 Å². The number of nitrogens with one attached hydrogen (secondary N) is 1. The number of benzene rings is 1. The van der Waals surface area contributed by atoms with Gasteiger partial charge >= 0.3 is 0 Å². The Balaban J connectivity index is 1.93. The van der Waals surface area contributed by atoms with Gasteiger partial charge in [-0.05, 0) is 39.8 Å². The van der Waals surface area contributed by atoms with Crippen molar-refractivity contribution in [3.8, 4) is 0 Å². The average Bonchev–Trinajstić information content (AvgIpc) is 2.40. The second kappa shape index (κ2) is 7.16. The molecule has 1 aromatic carbocycles. The third kappa shape index (κ3) is 4.01. The maximum absolute atomic E-state index is 13.8. The molecule has 112 valence electrons. The predicted molar refractivity (Wildman–Crippen MR) is 77.2 cm³/mol. The Hall–Kier alpha value is -0.970. The lowest BCUT2D eigenvalue weighted by atomic mass is 10.0. The molecule has 3 unspecified atom stereocenters. The minimum absolute atomic E-state index is 0.121. The Morgan fingerprint density at radius 3 is 2.55 bits per heavy atom. The molecule has 0 amide bonds. The van der Waals surface area contributed by atoms with Gasteiger partial charge in [-0.25, -0.2) is 4.39 Å². The summed E-state index contributed by atoms with van der Waals surface area (Å²) in [6, 6.07) is 6.72. The summed E-state index contributed by atoms with van der Waals surface area (Å²) in [5, 5.41) is 3.12. The van der Waals surface area contributed by atoms with Crippen LogP contribution in [0.2, 0.25) is 0 Å². The summed E-state index contributed by atoms with van der Waals surface area (Å²) >= 11 is 0. The molecule has 0 radical (unpaired) electrons. The fourth-order valence-corrected chi connectivity index (χ4v) is 2.80. The first kappa shape index (κ1) is 15.4. The Morgan fingerprint density at radius 1 is 1.30 bits per heavy atom. The van der Waals surface area contributed by atoms with Crippen molar-refractivity contribution in [3.63, 3.8) is 0 Å². The van der Waals surface area contributed by atoms with E-state index in [1.807, 2.05) is 13.1 Å². The Morgan fingerprint density at radius 2 is 1.95 bits per heavy atom. The van der Waals surface area contributed by atoms with E-state index in [2.05, 4.69) is 19.2 Å². The van der Waals surface area contributed by atoms with Gasteiger partial charge < -0.3 is 14.8 Å². The van der Waals surface area contributed by atoms with E-state index in [4.69, 9.17) is 9.47 Å². The summed E-state index contributed by atoms with van der Waals surface area (Å²) in [6.45, 7) is 4.61. The maximum atomic E-state index is 13.8. The molecule has 3 nitrogen and oxygen atoms in total. The van der Waals surface area contributed by atoms with E-state index in [0.29, 0.717) is 12.2 Å². The van der Waals surface area contributed by atoms with Crippen LogP contribution in [0.4, 0.5) is 4.39 Å². The zero-order valence-corrected chi connectivity index (χ0v) is 12.4. The van der Waals surface area contributed by atoms with Crippen LogP contribution in [0.25, 0.3) is 0 Å². The summed E-state index contributed by atoms with van der Waals surface area (Å²) < 4.78 is 25.5. The van der Waals surface area contributed by atoms with Crippen molar-refractivity contribution < 1.29 is 13.9 Å². The van der Waals surface area contributed by atoms with Gasteiger partial charge in [0.25, 0.3) is 0 Å². The number of ether oxygens (including phenoxy) is 2. The van der Waals surface area contributed by atoms with E-state index in [-0.39, 0.29) is 30.2 Å². The Kier molecular flexibility index (Phi) is 5.52. The van der Waals surface area contributed by atoms with E-state index < -0.39 is 0 Å². The molecule has 0 aliphatic carbocycles. The molecular formula is C16H24FNO2. The summed E-state index contributed by atoms with van der Waals surface area (Å²) in [5.41, 5.74) is 0.656. The van der Waals surface area contributed by atoms with E-state index in [0.717, 1.165) is 12.8 Å². The average molecular weight is 281 g/mol. The SMILES string of the molecule is CNC(COC1CC(C)OC(C)C1)c1ccccc1F. The van der Waals surface area contributed by atoms with Crippen molar-refractivity contribution >= 4 is 0 Å². The molecule has 1 fully saturated rings. The normalized spacial score (nSPS) is 28.3. The Bertz CT molecular complexity index is 417. The minimum Gasteiger partial charge on any atom is -0.376 e. The predicted octanol–water partition coefficient (Wildman–Crippen LogP) is 3.06. The summed E-state index contributed by atoms with van der Waals surface area (Å²) in [7, 11) is 1.83. The van der Waals surface area contributed by atoms with Gasteiger partial charge in [0.15, 0.2) is 0 Å². The van der Waals surface area contributed by atoms with Crippen molar-refractivity contribution in [3.05, 3.63) is 35.6 Å². The second-order valence-electron chi connectivity index (χ2n) is 5.55. The number of halogens is 1. The topological polar surface area (TPSA) is 30.5 Å². The highest BCUT2D eigenvalue weighted by atomic mass is 19.1. The number of likely N-dealkylation sites (N-methyl/N-ethyl adjacent to an activating group) is 1. The highest BCUT2D eigenvalue weighted by Gasteiger charge is 2.26. The van der Waals surface area contributed by atoms with E-state index in [1.54, 1.807) is 12.1 Å². The first-order chi connectivity index (χ1) is 9.60. The largest absolute Gasteiger partial charge is 0.376 e. The van der Waals surface area contributed by atoms with Crippen LogP contribution in [-0.4, -0.2) is 32.0 Å². The van der Waals surface area contributed by atoms with Crippen LogP contribution in [0.15, 0.2) is 24.3 Å². The molecule has 1 aliphatic rings. The first-order valence-corrected chi connectivity index (χ1v) is 7.29. The van der Waals surface area contributed by atoms with Gasteiger partial charge in [0.05, 0.1) is 31.0 Å². The molecule has 0 saturated carbocycles. The second-order valence-corrected chi connectivity index (χ2v) is 5.55. The zero-order chi connectivity index (χ0) is 14.5. The standard InChI is InChI=1S/C16H24FNO2/c1-11-8-13(9-12(2)20-11)19-10-16(18-3)14-6-4-5-7-15(14)17/h4-7,11-13,16,18H,8-10H2,1-3H3. The van der Waals surface area contributed by atoms with Gasteiger partial charge in [-0.15, -0.1) is 0 Å². The number of hydrogen-bond donors (Lipinski definition) is 1. The molecule has 1 heterocycles. The van der Waals surface area contributed by atoms with Crippen molar-refractivity contribution in [2.45, 2.75) is 51.0 Å². The van der Waals surface area contributed by atoms with Gasteiger partial charge in [0, 0.05) is 5.56 Å². The van der Waals surface area contributed by atoms with Gasteiger partial charge in [-0.1, -0.05) is 18.2 Å². The van der Waals surface area contributed by atoms with Crippen LogP contribution in [0, 0.1) is 5.82 Å². The van der Waals surface area contributed by atoms with Crippen LogP contribution in [0.1, 0.15) is 38.3 Å². The molecule has 2 rings (SSSR count). The monoisotopic (exact) mass is 281 g/mol. The van der Waals surface area contributed by atoms with Gasteiger partial charge in [-0.2, -0.15) is 0 Å². The van der Waals surface area contributed by atoms with Crippen molar-refractivity contribution in [1.82, 2.24) is 5.32 Å². The van der Waals surface area contributed by atoms with Gasteiger partial charge in [0.1, 0.15) is 5.82 Å². The molecular weight excluding hydrogens is 257 g/mol. The lowest BCUT2D eigenvalue weighted by Crippen LogP contribution is -2.36. The number of rotatable bonds is 5. The van der Waals surface area contributed by atoms with Crippen molar-refractivity contribution in [2.24, 2.45) is 0 Å². The third-order valence-electron chi connectivity index (χ3n) is 3.78.